The Balaban J connectivity index is 2.44. The lowest BCUT2D eigenvalue weighted by Gasteiger charge is -2.10. The first-order valence-corrected chi connectivity index (χ1v) is 6.48. The van der Waals surface area contributed by atoms with Gasteiger partial charge in [-0.2, -0.15) is 0 Å². The van der Waals surface area contributed by atoms with Gasteiger partial charge in [-0.1, -0.05) is 6.92 Å². The van der Waals surface area contributed by atoms with Gasteiger partial charge in [0.15, 0.2) is 0 Å². The number of nitrogens with one attached hydrogen (secondary N) is 2. The lowest BCUT2D eigenvalue weighted by Crippen LogP contribution is -2.29. The lowest BCUT2D eigenvalue weighted by molar-refractivity contribution is -0.122. The van der Waals surface area contributed by atoms with Gasteiger partial charge in [0, 0.05) is 19.3 Å². The molecule has 7 nitrogen and oxygen atoms in total. The standard InChI is InChI=1S/C13H20N4O3/c1-2-5-15-12-10(4-3-6-16-12)13(19)17-7-8-20-9-11(14)18/h3-4,6H,2,5,7-9H2,1H3,(H2,14,18)(H,15,16)(H,17,19). The van der Waals surface area contributed by atoms with Crippen molar-refractivity contribution in [1.82, 2.24) is 10.3 Å². The molecule has 0 bridgehead atoms. The second-order valence-corrected chi connectivity index (χ2v) is 4.10. The van der Waals surface area contributed by atoms with Gasteiger partial charge >= 0.3 is 0 Å². The molecule has 1 aromatic rings. The third-order valence-corrected chi connectivity index (χ3v) is 2.37. The molecule has 1 rings (SSSR count). The second-order valence-electron chi connectivity index (χ2n) is 4.10. The van der Waals surface area contributed by atoms with Crippen molar-refractivity contribution in [3.8, 4) is 0 Å². The first-order chi connectivity index (χ1) is 9.65. The number of hydrogen-bond donors (Lipinski definition) is 3. The smallest absolute Gasteiger partial charge is 0.255 e. The number of pyridine rings is 1. The van der Waals surface area contributed by atoms with Crippen LogP contribution in [0.5, 0.6) is 0 Å². The summed E-state index contributed by atoms with van der Waals surface area (Å²) in [5, 5.41) is 5.79. The first-order valence-electron chi connectivity index (χ1n) is 6.48. The van der Waals surface area contributed by atoms with E-state index < -0.39 is 5.91 Å². The molecule has 110 valence electrons. The van der Waals surface area contributed by atoms with E-state index in [1.54, 1.807) is 18.3 Å². The highest BCUT2D eigenvalue weighted by atomic mass is 16.5. The third-order valence-electron chi connectivity index (χ3n) is 2.37. The average molecular weight is 280 g/mol. The topological polar surface area (TPSA) is 106 Å². The Morgan fingerprint density at radius 2 is 2.20 bits per heavy atom. The predicted octanol–water partition coefficient (Wildman–Crippen LogP) is 0.135. The molecule has 0 fully saturated rings. The molecule has 1 aromatic heterocycles. The Labute approximate surface area is 117 Å². The van der Waals surface area contributed by atoms with Crippen LogP contribution in [0.4, 0.5) is 5.82 Å². The molecule has 0 unspecified atom stereocenters. The quantitative estimate of drug-likeness (QED) is 0.558. The van der Waals surface area contributed by atoms with Crippen LogP contribution in [0.1, 0.15) is 23.7 Å². The SMILES string of the molecule is CCCNc1ncccc1C(=O)NCCOCC(N)=O. The average Bonchev–Trinajstić information content (AvgIpc) is 2.44. The van der Waals surface area contributed by atoms with E-state index in [2.05, 4.69) is 15.6 Å². The molecular weight excluding hydrogens is 260 g/mol. The number of primary amides is 1. The Morgan fingerprint density at radius 1 is 1.40 bits per heavy atom. The number of nitrogens with zero attached hydrogens (tertiary/aromatic N) is 1. The van der Waals surface area contributed by atoms with Crippen molar-refractivity contribution < 1.29 is 14.3 Å². The summed E-state index contributed by atoms with van der Waals surface area (Å²) in [6.07, 6.45) is 2.57. The number of anilines is 1. The Hall–Kier alpha value is -2.15. The van der Waals surface area contributed by atoms with E-state index in [9.17, 15) is 9.59 Å². The van der Waals surface area contributed by atoms with Crippen molar-refractivity contribution in [3.05, 3.63) is 23.9 Å². The number of hydrogen-bond acceptors (Lipinski definition) is 5. The van der Waals surface area contributed by atoms with E-state index >= 15 is 0 Å². The molecular formula is C13H20N4O3. The molecule has 0 aliphatic carbocycles. The van der Waals surface area contributed by atoms with Crippen LogP contribution in [-0.2, 0) is 9.53 Å². The molecule has 0 spiro atoms. The molecule has 0 radical (unpaired) electrons. The van der Waals surface area contributed by atoms with Gasteiger partial charge in [-0.05, 0) is 18.6 Å². The number of carbonyl (C=O) groups excluding carboxylic acids is 2. The summed E-state index contributed by atoms with van der Waals surface area (Å²) in [6, 6.07) is 3.40. The minimum Gasteiger partial charge on any atom is -0.370 e. The highest BCUT2D eigenvalue weighted by Gasteiger charge is 2.11. The van der Waals surface area contributed by atoms with E-state index in [4.69, 9.17) is 10.5 Å². The maximum Gasteiger partial charge on any atom is 0.255 e. The van der Waals surface area contributed by atoms with Crippen LogP contribution >= 0.6 is 0 Å². The molecule has 0 aliphatic heterocycles. The molecule has 0 aromatic carbocycles. The zero-order chi connectivity index (χ0) is 14.8. The van der Waals surface area contributed by atoms with Crippen LogP contribution in [0.3, 0.4) is 0 Å². The molecule has 0 aliphatic rings. The van der Waals surface area contributed by atoms with Gasteiger partial charge in [-0.25, -0.2) is 4.98 Å². The number of carbonyl (C=O) groups is 2. The highest BCUT2D eigenvalue weighted by Crippen LogP contribution is 2.10. The van der Waals surface area contributed by atoms with Gasteiger partial charge in [0.05, 0.1) is 12.2 Å². The molecule has 20 heavy (non-hydrogen) atoms. The summed E-state index contributed by atoms with van der Waals surface area (Å²) in [6.45, 7) is 3.16. The van der Waals surface area contributed by atoms with E-state index in [-0.39, 0.29) is 19.1 Å². The number of rotatable bonds is 9. The van der Waals surface area contributed by atoms with Crippen LogP contribution in [0.15, 0.2) is 18.3 Å². The van der Waals surface area contributed by atoms with Crippen molar-refractivity contribution in [1.29, 1.82) is 0 Å². The monoisotopic (exact) mass is 280 g/mol. The maximum atomic E-state index is 12.0. The Morgan fingerprint density at radius 3 is 2.90 bits per heavy atom. The fourth-order valence-electron chi connectivity index (χ4n) is 1.48. The zero-order valence-electron chi connectivity index (χ0n) is 11.5. The lowest BCUT2D eigenvalue weighted by atomic mass is 10.2. The summed E-state index contributed by atoms with van der Waals surface area (Å²) >= 11 is 0. The van der Waals surface area contributed by atoms with E-state index in [1.807, 2.05) is 6.92 Å². The van der Waals surface area contributed by atoms with Crippen molar-refractivity contribution in [2.45, 2.75) is 13.3 Å². The maximum absolute atomic E-state index is 12.0. The molecule has 0 atom stereocenters. The molecule has 1 heterocycles. The van der Waals surface area contributed by atoms with E-state index in [0.717, 1.165) is 13.0 Å². The van der Waals surface area contributed by atoms with Gasteiger partial charge in [0.1, 0.15) is 12.4 Å². The summed E-state index contributed by atoms with van der Waals surface area (Å²) < 4.78 is 4.96. The molecule has 0 saturated carbocycles. The van der Waals surface area contributed by atoms with Crippen LogP contribution in [0.25, 0.3) is 0 Å². The summed E-state index contributed by atoms with van der Waals surface area (Å²) in [7, 11) is 0. The predicted molar refractivity (Wildman–Crippen MR) is 75.4 cm³/mol. The fraction of sp³-hybridized carbons (Fsp3) is 0.462. The highest BCUT2D eigenvalue weighted by molar-refractivity contribution is 5.98. The second kappa shape index (κ2) is 8.87. The summed E-state index contributed by atoms with van der Waals surface area (Å²) in [5.74, 6) is -0.209. The largest absolute Gasteiger partial charge is 0.370 e. The number of amides is 2. The molecule has 2 amide bonds. The molecule has 0 saturated heterocycles. The van der Waals surface area contributed by atoms with E-state index in [0.29, 0.717) is 17.9 Å². The van der Waals surface area contributed by atoms with Gasteiger partial charge < -0.3 is 21.1 Å². The Kier molecular flexibility index (Phi) is 7.05. The third kappa shape index (κ3) is 5.66. The van der Waals surface area contributed by atoms with Crippen LogP contribution in [-0.4, -0.2) is 43.1 Å². The van der Waals surface area contributed by atoms with Crippen molar-refractivity contribution in [3.63, 3.8) is 0 Å². The number of nitrogens with two attached hydrogens (primary N) is 1. The van der Waals surface area contributed by atoms with Crippen LogP contribution in [0, 0.1) is 0 Å². The van der Waals surface area contributed by atoms with Gasteiger partial charge in [0.25, 0.3) is 5.91 Å². The molecule has 4 N–H and O–H groups in total. The van der Waals surface area contributed by atoms with Crippen LogP contribution in [0.2, 0.25) is 0 Å². The molecule has 7 heteroatoms. The first kappa shape index (κ1) is 15.9. The normalized spacial score (nSPS) is 10.1. The zero-order valence-corrected chi connectivity index (χ0v) is 11.5. The number of aromatic nitrogens is 1. The van der Waals surface area contributed by atoms with Gasteiger partial charge in [0.2, 0.25) is 5.91 Å². The van der Waals surface area contributed by atoms with Crippen molar-refractivity contribution >= 4 is 17.6 Å². The fourth-order valence-corrected chi connectivity index (χ4v) is 1.48. The minimum absolute atomic E-state index is 0.147. The van der Waals surface area contributed by atoms with E-state index in [1.165, 1.54) is 0 Å². The summed E-state index contributed by atoms with van der Waals surface area (Å²) in [5.41, 5.74) is 5.41. The minimum atomic E-state index is -0.533. The Bertz CT molecular complexity index is 451. The van der Waals surface area contributed by atoms with Crippen LogP contribution < -0.4 is 16.4 Å². The van der Waals surface area contributed by atoms with Crippen molar-refractivity contribution in [2.75, 3.05) is 31.6 Å². The van der Waals surface area contributed by atoms with Crippen molar-refractivity contribution in [2.24, 2.45) is 5.73 Å². The van der Waals surface area contributed by atoms with Gasteiger partial charge in [-0.15, -0.1) is 0 Å². The van der Waals surface area contributed by atoms with Gasteiger partial charge in [-0.3, -0.25) is 9.59 Å². The summed E-state index contributed by atoms with van der Waals surface area (Å²) in [4.78, 5) is 26.6. The number of ether oxygens (including phenoxy) is 1.